The van der Waals surface area contributed by atoms with E-state index < -0.39 is 23.6 Å². The number of benzene rings is 1. The van der Waals surface area contributed by atoms with Crippen molar-refractivity contribution in [3.05, 3.63) is 70.8 Å². The molecule has 0 fully saturated rings. The molecule has 0 saturated carbocycles. The van der Waals surface area contributed by atoms with E-state index in [1.165, 1.54) is 15.8 Å². The summed E-state index contributed by atoms with van der Waals surface area (Å²) in [5.41, 5.74) is 0.600. The monoisotopic (exact) mass is 501 g/mol. The highest BCUT2D eigenvalue weighted by Crippen LogP contribution is 2.36. The first-order chi connectivity index (χ1) is 16.8. The van der Waals surface area contributed by atoms with Gasteiger partial charge in [0.2, 0.25) is 0 Å². The summed E-state index contributed by atoms with van der Waals surface area (Å²) in [6, 6.07) is 8.08. The average Bonchev–Trinajstić information content (AvgIpc) is 3.18. The number of carbonyl (C=O) groups is 2. The molecule has 11 heteroatoms. The summed E-state index contributed by atoms with van der Waals surface area (Å²) >= 11 is 0. The second-order valence-corrected chi connectivity index (χ2v) is 9.53. The number of halogens is 3. The molecular formula is C25H26F3N5O3. The van der Waals surface area contributed by atoms with Crippen molar-refractivity contribution in [1.29, 1.82) is 0 Å². The lowest BCUT2D eigenvalue weighted by Crippen LogP contribution is -2.40. The van der Waals surface area contributed by atoms with Gasteiger partial charge in [0.15, 0.2) is 5.69 Å². The Morgan fingerprint density at radius 1 is 1.08 bits per heavy atom. The van der Waals surface area contributed by atoms with E-state index in [4.69, 9.17) is 4.74 Å². The van der Waals surface area contributed by atoms with Crippen LogP contribution < -0.4 is 5.32 Å². The number of carbonyl (C=O) groups excluding carboxylic acids is 2. The summed E-state index contributed by atoms with van der Waals surface area (Å²) in [7, 11) is 0. The maximum Gasteiger partial charge on any atom is 0.435 e. The molecule has 0 atom stereocenters. The second-order valence-electron chi connectivity index (χ2n) is 9.53. The number of aryl methyl sites for hydroxylation is 1. The van der Waals surface area contributed by atoms with Gasteiger partial charge in [-0.3, -0.25) is 9.78 Å². The highest BCUT2D eigenvalue weighted by molar-refractivity contribution is 6.05. The summed E-state index contributed by atoms with van der Waals surface area (Å²) in [6.07, 6.45) is -2.13. The van der Waals surface area contributed by atoms with Gasteiger partial charge in [-0.25, -0.2) is 9.48 Å². The number of fused-ring (bicyclic) bond motifs is 1. The minimum Gasteiger partial charge on any atom is -0.444 e. The lowest BCUT2D eigenvalue weighted by molar-refractivity contribution is -0.142. The number of rotatable bonds is 3. The van der Waals surface area contributed by atoms with E-state index in [1.54, 1.807) is 64.2 Å². The van der Waals surface area contributed by atoms with Gasteiger partial charge in [-0.15, -0.1) is 0 Å². The molecule has 190 valence electrons. The van der Waals surface area contributed by atoms with E-state index in [-0.39, 0.29) is 31.0 Å². The van der Waals surface area contributed by atoms with E-state index in [1.807, 2.05) is 0 Å². The van der Waals surface area contributed by atoms with Crippen LogP contribution in [0, 0.1) is 6.92 Å². The maximum absolute atomic E-state index is 13.8. The molecule has 0 aliphatic carbocycles. The summed E-state index contributed by atoms with van der Waals surface area (Å²) in [5, 5.41) is 6.63. The Kier molecular flexibility index (Phi) is 6.50. The first-order valence-electron chi connectivity index (χ1n) is 11.3. The quantitative estimate of drug-likeness (QED) is 0.537. The van der Waals surface area contributed by atoms with Gasteiger partial charge in [0.05, 0.1) is 23.5 Å². The molecule has 0 spiro atoms. The average molecular weight is 502 g/mol. The number of ether oxygens (including phenoxy) is 1. The van der Waals surface area contributed by atoms with Crippen LogP contribution in [-0.4, -0.2) is 43.8 Å². The molecule has 1 N–H and O–H groups in total. The van der Waals surface area contributed by atoms with E-state index in [9.17, 15) is 22.8 Å². The normalized spacial score (nSPS) is 13.8. The molecule has 3 aromatic rings. The molecule has 0 unspecified atom stereocenters. The molecule has 0 bridgehead atoms. The van der Waals surface area contributed by atoms with Crippen LogP contribution in [0.15, 0.2) is 42.7 Å². The van der Waals surface area contributed by atoms with Gasteiger partial charge < -0.3 is 15.0 Å². The fourth-order valence-corrected chi connectivity index (χ4v) is 3.93. The molecule has 4 rings (SSSR count). The van der Waals surface area contributed by atoms with Gasteiger partial charge >= 0.3 is 12.3 Å². The largest absolute Gasteiger partial charge is 0.444 e. The Balaban J connectivity index is 1.60. The van der Waals surface area contributed by atoms with Crippen molar-refractivity contribution < 1.29 is 27.5 Å². The zero-order valence-electron chi connectivity index (χ0n) is 20.3. The lowest BCUT2D eigenvalue weighted by atomic mass is 10.0. The standard InChI is InChI=1S/C25H26F3N5O3/c1-15-9-11-29-13-18(15)22(34)30-16-5-7-17(8-6-16)33-20-10-12-32(23(35)36-24(2,3)4)14-19(20)21(31-33)25(26,27)28/h5-9,11,13H,10,12,14H2,1-4H3,(H,30,34). The maximum atomic E-state index is 13.8. The Hall–Kier alpha value is -3.89. The molecule has 2 amide bonds. The molecule has 8 nitrogen and oxygen atoms in total. The summed E-state index contributed by atoms with van der Waals surface area (Å²) in [6.45, 7) is 6.83. The van der Waals surface area contributed by atoms with Gasteiger partial charge in [-0.1, -0.05) is 0 Å². The van der Waals surface area contributed by atoms with Gasteiger partial charge in [0, 0.05) is 36.6 Å². The van der Waals surface area contributed by atoms with E-state index in [0.29, 0.717) is 22.6 Å². The van der Waals surface area contributed by atoms with Crippen molar-refractivity contribution in [2.24, 2.45) is 0 Å². The van der Waals surface area contributed by atoms with Crippen molar-refractivity contribution in [1.82, 2.24) is 19.7 Å². The van der Waals surface area contributed by atoms with Crippen molar-refractivity contribution >= 4 is 17.7 Å². The third kappa shape index (κ3) is 5.34. The predicted octanol–water partition coefficient (Wildman–Crippen LogP) is 5.14. The summed E-state index contributed by atoms with van der Waals surface area (Å²) in [4.78, 5) is 30.2. The second kappa shape index (κ2) is 9.29. The highest BCUT2D eigenvalue weighted by Gasteiger charge is 2.42. The van der Waals surface area contributed by atoms with Crippen molar-refractivity contribution in [3.8, 4) is 5.69 Å². The Morgan fingerprint density at radius 2 is 1.78 bits per heavy atom. The minimum atomic E-state index is -4.69. The Morgan fingerprint density at radius 3 is 2.39 bits per heavy atom. The third-order valence-corrected chi connectivity index (χ3v) is 5.63. The topological polar surface area (TPSA) is 89.4 Å². The lowest BCUT2D eigenvalue weighted by Gasteiger charge is -2.30. The number of amides is 2. The fraction of sp³-hybridized carbons (Fsp3) is 0.360. The number of anilines is 1. The van der Waals surface area contributed by atoms with Crippen LogP contribution in [0.4, 0.5) is 23.7 Å². The zero-order chi connectivity index (χ0) is 26.3. The number of pyridine rings is 1. The first kappa shape index (κ1) is 25.2. The molecule has 2 aromatic heterocycles. The van der Waals surface area contributed by atoms with Crippen LogP contribution in [0.3, 0.4) is 0 Å². The predicted molar refractivity (Wildman–Crippen MR) is 126 cm³/mol. The number of nitrogens with one attached hydrogen (secondary N) is 1. The van der Waals surface area contributed by atoms with Crippen molar-refractivity contribution in [3.63, 3.8) is 0 Å². The summed E-state index contributed by atoms with van der Waals surface area (Å²) in [5.74, 6) is -0.341. The number of hydrogen-bond donors (Lipinski definition) is 1. The molecular weight excluding hydrogens is 475 g/mol. The fourth-order valence-electron chi connectivity index (χ4n) is 3.93. The van der Waals surface area contributed by atoms with Crippen molar-refractivity contribution in [2.45, 2.75) is 52.4 Å². The van der Waals surface area contributed by atoms with Gasteiger partial charge in [-0.05, 0) is 63.6 Å². The number of nitrogens with zero attached hydrogens (tertiary/aromatic N) is 4. The molecule has 1 aromatic carbocycles. The molecule has 3 heterocycles. The highest BCUT2D eigenvalue weighted by atomic mass is 19.4. The van der Waals surface area contributed by atoms with Crippen LogP contribution in [0.5, 0.6) is 0 Å². The van der Waals surface area contributed by atoms with Crippen LogP contribution >= 0.6 is 0 Å². The number of alkyl halides is 3. The molecule has 1 aliphatic rings. The number of aromatic nitrogens is 3. The molecule has 0 saturated heterocycles. The Labute approximate surface area is 206 Å². The van der Waals surface area contributed by atoms with E-state index >= 15 is 0 Å². The SMILES string of the molecule is Cc1ccncc1C(=O)Nc1ccc(-n2nc(C(F)(F)F)c3c2CCN(C(=O)OC(C)(C)C)C3)cc1. The minimum absolute atomic E-state index is 0.0518. The summed E-state index contributed by atoms with van der Waals surface area (Å²) < 4.78 is 48.1. The van der Waals surface area contributed by atoms with Crippen LogP contribution in [0.25, 0.3) is 5.69 Å². The van der Waals surface area contributed by atoms with Crippen LogP contribution in [0.1, 0.15) is 53.6 Å². The molecule has 0 radical (unpaired) electrons. The smallest absolute Gasteiger partial charge is 0.435 e. The van der Waals surface area contributed by atoms with Crippen LogP contribution in [0.2, 0.25) is 0 Å². The molecule has 36 heavy (non-hydrogen) atoms. The first-order valence-corrected chi connectivity index (χ1v) is 11.3. The third-order valence-electron chi connectivity index (χ3n) is 5.63. The Bertz CT molecular complexity index is 1290. The van der Waals surface area contributed by atoms with Gasteiger partial charge in [0.25, 0.3) is 5.91 Å². The van der Waals surface area contributed by atoms with Gasteiger partial charge in [-0.2, -0.15) is 18.3 Å². The van der Waals surface area contributed by atoms with Gasteiger partial charge in [0.1, 0.15) is 5.60 Å². The van der Waals surface area contributed by atoms with E-state index in [0.717, 1.165) is 5.56 Å². The van der Waals surface area contributed by atoms with Crippen LogP contribution in [-0.2, 0) is 23.9 Å². The van der Waals surface area contributed by atoms with Crippen molar-refractivity contribution in [2.75, 3.05) is 11.9 Å². The molecule has 1 aliphatic heterocycles. The van der Waals surface area contributed by atoms with E-state index in [2.05, 4.69) is 15.4 Å². The zero-order valence-corrected chi connectivity index (χ0v) is 20.3. The number of hydrogen-bond acceptors (Lipinski definition) is 5.